The molecule has 0 unspecified atom stereocenters. The van der Waals surface area contributed by atoms with E-state index >= 15 is 0 Å². The van der Waals surface area contributed by atoms with Crippen LogP contribution in [0.3, 0.4) is 0 Å². The van der Waals surface area contributed by atoms with Crippen LogP contribution >= 0.6 is 11.6 Å². The Balaban J connectivity index is 1.70. The number of anilines is 3. The summed E-state index contributed by atoms with van der Waals surface area (Å²) in [5.41, 5.74) is 2.34. The molecule has 0 radical (unpaired) electrons. The Morgan fingerprint density at radius 3 is 2.52 bits per heavy atom. The summed E-state index contributed by atoms with van der Waals surface area (Å²) in [5, 5.41) is 6.08. The van der Waals surface area contributed by atoms with Crippen LogP contribution in [0.15, 0.2) is 48.5 Å². The van der Waals surface area contributed by atoms with Gasteiger partial charge >= 0.3 is 6.03 Å². The molecular formula is C17H18ClN3O2. The van der Waals surface area contributed by atoms with Crippen molar-refractivity contribution in [2.24, 2.45) is 0 Å². The zero-order valence-corrected chi connectivity index (χ0v) is 13.3. The van der Waals surface area contributed by atoms with Crippen molar-refractivity contribution >= 4 is 34.7 Å². The average molecular weight is 332 g/mol. The van der Waals surface area contributed by atoms with Crippen LogP contribution in [-0.4, -0.2) is 32.3 Å². The van der Waals surface area contributed by atoms with Crippen molar-refractivity contribution in [3.8, 4) is 0 Å². The first-order chi connectivity index (χ1) is 11.2. The maximum absolute atomic E-state index is 12.1. The molecule has 0 bridgehead atoms. The summed E-state index contributed by atoms with van der Waals surface area (Å²) < 4.78 is 5.36. The van der Waals surface area contributed by atoms with E-state index in [9.17, 15) is 4.79 Å². The number of morpholine rings is 1. The largest absolute Gasteiger partial charge is 0.378 e. The van der Waals surface area contributed by atoms with Crippen molar-refractivity contribution in [1.29, 1.82) is 0 Å². The Morgan fingerprint density at radius 2 is 1.78 bits per heavy atom. The fourth-order valence-corrected chi connectivity index (χ4v) is 2.60. The van der Waals surface area contributed by atoms with Crippen LogP contribution in [0.1, 0.15) is 0 Å². The van der Waals surface area contributed by atoms with Crippen LogP contribution < -0.4 is 15.5 Å². The van der Waals surface area contributed by atoms with Crippen LogP contribution in [-0.2, 0) is 4.74 Å². The molecule has 0 atom stereocenters. The third-order valence-electron chi connectivity index (χ3n) is 3.61. The number of nitrogens with one attached hydrogen (secondary N) is 2. The van der Waals surface area contributed by atoms with E-state index in [1.54, 1.807) is 6.07 Å². The molecule has 2 N–H and O–H groups in total. The van der Waals surface area contributed by atoms with Crippen LogP contribution in [0.2, 0.25) is 5.02 Å². The Kier molecular flexibility index (Phi) is 5.00. The van der Waals surface area contributed by atoms with Crippen molar-refractivity contribution in [2.45, 2.75) is 0 Å². The zero-order chi connectivity index (χ0) is 16.1. The van der Waals surface area contributed by atoms with Gasteiger partial charge in [-0.15, -0.1) is 0 Å². The van der Waals surface area contributed by atoms with E-state index < -0.39 is 0 Å². The minimum Gasteiger partial charge on any atom is -0.378 e. The molecule has 0 aromatic heterocycles. The van der Waals surface area contributed by atoms with Gasteiger partial charge in [0.15, 0.2) is 0 Å². The molecule has 23 heavy (non-hydrogen) atoms. The summed E-state index contributed by atoms with van der Waals surface area (Å²) in [7, 11) is 0. The lowest BCUT2D eigenvalue weighted by atomic mass is 10.2. The van der Waals surface area contributed by atoms with Crippen molar-refractivity contribution < 1.29 is 9.53 Å². The molecule has 1 fully saturated rings. The van der Waals surface area contributed by atoms with Crippen LogP contribution in [0.4, 0.5) is 21.9 Å². The van der Waals surface area contributed by atoms with Crippen LogP contribution in [0, 0.1) is 0 Å². The smallest absolute Gasteiger partial charge is 0.323 e. The molecule has 120 valence electrons. The molecule has 0 aliphatic carbocycles. The SMILES string of the molecule is O=C(Nc1ccccc1)Nc1cc(N2CCOCC2)ccc1Cl. The topological polar surface area (TPSA) is 53.6 Å². The van der Waals surface area contributed by atoms with Gasteiger partial charge in [0.2, 0.25) is 0 Å². The van der Waals surface area contributed by atoms with E-state index in [-0.39, 0.29) is 6.03 Å². The normalized spacial score (nSPS) is 14.4. The van der Waals surface area contributed by atoms with E-state index in [1.165, 1.54) is 0 Å². The summed E-state index contributed by atoms with van der Waals surface area (Å²) in [6.45, 7) is 3.08. The second-order valence-electron chi connectivity index (χ2n) is 5.21. The first-order valence-electron chi connectivity index (χ1n) is 7.48. The molecule has 2 aromatic rings. The van der Waals surface area contributed by atoms with E-state index in [4.69, 9.17) is 16.3 Å². The number of halogens is 1. The van der Waals surface area contributed by atoms with Gasteiger partial charge in [-0.3, -0.25) is 0 Å². The third kappa shape index (κ3) is 4.15. The van der Waals surface area contributed by atoms with Crippen LogP contribution in [0.25, 0.3) is 0 Å². The molecule has 3 rings (SSSR count). The van der Waals surface area contributed by atoms with Gasteiger partial charge in [0.25, 0.3) is 0 Å². The van der Waals surface area contributed by atoms with Gasteiger partial charge in [-0.05, 0) is 30.3 Å². The van der Waals surface area contributed by atoms with E-state index in [0.29, 0.717) is 23.9 Å². The highest BCUT2D eigenvalue weighted by Gasteiger charge is 2.14. The van der Waals surface area contributed by atoms with Crippen molar-refractivity contribution in [1.82, 2.24) is 0 Å². The zero-order valence-electron chi connectivity index (χ0n) is 12.6. The summed E-state index contributed by atoms with van der Waals surface area (Å²) in [4.78, 5) is 14.3. The van der Waals surface area contributed by atoms with Gasteiger partial charge in [0.1, 0.15) is 0 Å². The molecule has 2 amide bonds. The summed E-state index contributed by atoms with van der Waals surface area (Å²) in [6, 6.07) is 14.6. The highest BCUT2D eigenvalue weighted by molar-refractivity contribution is 6.34. The highest BCUT2D eigenvalue weighted by Crippen LogP contribution is 2.28. The van der Waals surface area contributed by atoms with E-state index in [0.717, 1.165) is 24.5 Å². The maximum atomic E-state index is 12.1. The average Bonchev–Trinajstić information content (AvgIpc) is 2.58. The number of hydrogen-bond acceptors (Lipinski definition) is 3. The number of benzene rings is 2. The number of ether oxygens (including phenoxy) is 1. The standard InChI is InChI=1S/C17H18ClN3O2/c18-15-7-6-14(21-8-10-23-11-9-21)12-16(15)20-17(22)19-13-4-2-1-3-5-13/h1-7,12H,8-11H2,(H2,19,20,22). The first-order valence-corrected chi connectivity index (χ1v) is 7.85. The van der Waals surface area contributed by atoms with Crippen molar-refractivity contribution in [3.63, 3.8) is 0 Å². The van der Waals surface area contributed by atoms with Crippen LogP contribution in [0.5, 0.6) is 0 Å². The molecule has 6 heteroatoms. The van der Waals surface area contributed by atoms with E-state index in [2.05, 4.69) is 15.5 Å². The highest BCUT2D eigenvalue weighted by atomic mass is 35.5. The monoisotopic (exact) mass is 331 g/mol. The van der Waals surface area contributed by atoms with Gasteiger partial charge < -0.3 is 20.3 Å². The summed E-state index contributed by atoms with van der Waals surface area (Å²) in [6.07, 6.45) is 0. The van der Waals surface area contributed by atoms with Crippen molar-refractivity contribution in [3.05, 3.63) is 53.6 Å². The van der Waals surface area contributed by atoms with Gasteiger partial charge in [0.05, 0.1) is 23.9 Å². The van der Waals surface area contributed by atoms with Gasteiger partial charge in [-0.25, -0.2) is 4.79 Å². The van der Waals surface area contributed by atoms with Gasteiger partial charge in [0, 0.05) is 24.5 Å². The number of rotatable bonds is 3. The number of para-hydroxylation sites is 1. The Labute approximate surface area is 140 Å². The minimum atomic E-state index is -0.322. The molecule has 2 aromatic carbocycles. The Morgan fingerprint density at radius 1 is 1.04 bits per heavy atom. The summed E-state index contributed by atoms with van der Waals surface area (Å²) in [5.74, 6) is 0. The lowest BCUT2D eigenvalue weighted by Crippen LogP contribution is -2.36. The molecule has 1 aliphatic rings. The predicted molar refractivity (Wildman–Crippen MR) is 93.6 cm³/mol. The second kappa shape index (κ2) is 7.35. The number of carbonyl (C=O) groups excluding carboxylic acids is 1. The number of amides is 2. The van der Waals surface area contributed by atoms with Gasteiger partial charge in [-0.2, -0.15) is 0 Å². The quantitative estimate of drug-likeness (QED) is 0.899. The lowest BCUT2D eigenvalue weighted by molar-refractivity contribution is 0.122. The molecule has 0 spiro atoms. The number of carbonyl (C=O) groups is 1. The molecule has 5 nitrogen and oxygen atoms in total. The Bertz CT molecular complexity index is 673. The molecule has 0 saturated carbocycles. The fourth-order valence-electron chi connectivity index (χ4n) is 2.43. The molecule has 1 saturated heterocycles. The predicted octanol–water partition coefficient (Wildman–Crippen LogP) is 3.82. The second-order valence-corrected chi connectivity index (χ2v) is 5.62. The molecular weight excluding hydrogens is 314 g/mol. The Hall–Kier alpha value is -2.24. The number of hydrogen-bond donors (Lipinski definition) is 2. The molecule has 1 aliphatic heterocycles. The first kappa shape index (κ1) is 15.6. The van der Waals surface area contributed by atoms with E-state index in [1.807, 2.05) is 42.5 Å². The third-order valence-corrected chi connectivity index (χ3v) is 3.94. The molecule has 1 heterocycles. The minimum absolute atomic E-state index is 0.322. The fraction of sp³-hybridized carbons (Fsp3) is 0.235. The van der Waals surface area contributed by atoms with Crippen molar-refractivity contribution in [2.75, 3.05) is 41.8 Å². The lowest BCUT2D eigenvalue weighted by Gasteiger charge is -2.29. The number of nitrogens with zero attached hydrogens (tertiary/aromatic N) is 1. The summed E-state index contributed by atoms with van der Waals surface area (Å²) >= 11 is 6.20. The maximum Gasteiger partial charge on any atom is 0.323 e. The van der Waals surface area contributed by atoms with Gasteiger partial charge in [-0.1, -0.05) is 29.8 Å². The number of urea groups is 1.